The second-order valence-corrected chi connectivity index (χ2v) is 8.69. The lowest BCUT2D eigenvalue weighted by Crippen LogP contribution is -2.41. The summed E-state index contributed by atoms with van der Waals surface area (Å²) in [6.45, 7) is 19.1. The van der Waals surface area contributed by atoms with E-state index in [0.29, 0.717) is 12.5 Å². The molecule has 0 heterocycles. The van der Waals surface area contributed by atoms with Gasteiger partial charge in [0.05, 0.1) is 0 Å². The molecule has 0 saturated heterocycles. The molecule has 0 aliphatic rings. The summed E-state index contributed by atoms with van der Waals surface area (Å²) in [5.41, 5.74) is -0.810. The molecule has 0 bridgehead atoms. The molecule has 0 fully saturated rings. The minimum Gasteiger partial charge on any atom is -0.468 e. The van der Waals surface area contributed by atoms with Crippen molar-refractivity contribution in [3.05, 3.63) is 0 Å². The number of carbonyl (C=O) groups is 1. The molecule has 0 spiro atoms. The van der Waals surface area contributed by atoms with Gasteiger partial charge < -0.3 is 9.47 Å². The lowest BCUT2D eigenvalue weighted by Gasteiger charge is -2.30. The van der Waals surface area contributed by atoms with Crippen molar-refractivity contribution in [1.82, 2.24) is 0 Å². The molecule has 0 rings (SSSR count). The van der Waals surface area contributed by atoms with Crippen LogP contribution in [0.3, 0.4) is 0 Å². The van der Waals surface area contributed by atoms with Gasteiger partial charge in [-0.05, 0) is 51.9 Å². The summed E-state index contributed by atoms with van der Waals surface area (Å²) in [5, 5.41) is 0. The van der Waals surface area contributed by atoms with Gasteiger partial charge in [-0.1, -0.05) is 34.6 Å². The summed E-state index contributed by atoms with van der Waals surface area (Å²) in [6.07, 6.45) is 1.80. The summed E-state index contributed by atoms with van der Waals surface area (Å²) in [6, 6.07) is 0. The Morgan fingerprint density at radius 2 is 1.57 bits per heavy atom. The zero-order valence-corrected chi connectivity index (χ0v) is 15.5. The van der Waals surface area contributed by atoms with E-state index in [1.165, 1.54) is 7.28 Å². The SMILES string of the molecule is CC(C)CC(C)(C)OC(=O)[B]C(C)(C)OCCC(C)(C)C. The summed E-state index contributed by atoms with van der Waals surface area (Å²) < 4.78 is 11.4. The van der Waals surface area contributed by atoms with Gasteiger partial charge in [0, 0.05) is 12.1 Å². The van der Waals surface area contributed by atoms with E-state index in [2.05, 4.69) is 34.6 Å². The van der Waals surface area contributed by atoms with Crippen LogP contribution in [0.4, 0.5) is 4.79 Å². The van der Waals surface area contributed by atoms with E-state index >= 15 is 0 Å². The maximum atomic E-state index is 12.1. The highest BCUT2D eigenvalue weighted by Crippen LogP contribution is 2.22. The fourth-order valence-corrected chi connectivity index (χ4v) is 2.27. The van der Waals surface area contributed by atoms with E-state index < -0.39 is 11.1 Å². The monoisotopic (exact) mass is 297 g/mol. The molecule has 0 aromatic rings. The normalized spacial score (nSPS) is 13.4. The minimum atomic E-state index is -0.601. The van der Waals surface area contributed by atoms with Crippen molar-refractivity contribution in [2.75, 3.05) is 6.61 Å². The Kier molecular flexibility index (Phi) is 7.48. The first kappa shape index (κ1) is 20.5. The van der Waals surface area contributed by atoms with Crippen LogP contribution in [-0.2, 0) is 9.47 Å². The predicted octanol–water partition coefficient (Wildman–Crippen LogP) is 4.84. The van der Waals surface area contributed by atoms with Crippen LogP contribution in [0.15, 0.2) is 0 Å². The maximum absolute atomic E-state index is 12.1. The average Bonchev–Trinajstić information content (AvgIpc) is 2.08. The summed E-state index contributed by atoms with van der Waals surface area (Å²) in [7, 11) is 1.54. The summed E-state index contributed by atoms with van der Waals surface area (Å²) in [5.74, 6) is 0.185. The molecule has 1 radical (unpaired) electrons. The molecule has 0 aliphatic heterocycles. The third-order valence-corrected chi connectivity index (χ3v) is 3.07. The van der Waals surface area contributed by atoms with Crippen LogP contribution in [-0.4, -0.2) is 30.9 Å². The highest BCUT2D eigenvalue weighted by molar-refractivity contribution is 6.74. The first-order valence-corrected chi connectivity index (χ1v) is 7.95. The van der Waals surface area contributed by atoms with E-state index in [1.54, 1.807) is 0 Å². The van der Waals surface area contributed by atoms with Crippen LogP contribution < -0.4 is 0 Å². The van der Waals surface area contributed by atoms with Gasteiger partial charge in [-0.2, -0.15) is 0 Å². The van der Waals surface area contributed by atoms with Gasteiger partial charge in [0.15, 0.2) is 0 Å². The van der Waals surface area contributed by atoms with Crippen LogP contribution in [0.25, 0.3) is 0 Å². The van der Waals surface area contributed by atoms with Crippen molar-refractivity contribution in [3.63, 3.8) is 0 Å². The Labute approximate surface area is 132 Å². The van der Waals surface area contributed by atoms with Crippen molar-refractivity contribution in [3.8, 4) is 0 Å². The van der Waals surface area contributed by atoms with Gasteiger partial charge in [0.1, 0.15) is 5.60 Å². The topological polar surface area (TPSA) is 35.5 Å². The second kappa shape index (κ2) is 7.67. The van der Waals surface area contributed by atoms with Crippen molar-refractivity contribution in [2.45, 2.75) is 86.3 Å². The van der Waals surface area contributed by atoms with Crippen LogP contribution in [0.1, 0.15) is 75.2 Å². The smallest absolute Gasteiger partial charge is 0.300 e. The van der Waals surface area contributed by atoms with E-state index in [9.17, 15) is 4.79 Å². The fourth-order valence-electron chi connectivity index (χ4n) is 2.27. The number of rotatable bonds is 8. The minimum absolute atomic E-state index is 0.232. The van der Waals surface area contributed by atoms with Gasteiger partial charge in [-0.15, -0.1) is 0 Å². The van der Waals surface area contributed by atoms with Crippen LogP contribution in [0.2, 0.25) is 0 Å². The summed E-state index contributed by atoms with van der Waals surface area (Å²) >= 11 is 0. The third kappa shape index (κ3) is 11.8. The van der Waals surface area contributed by atoms with Crippen molar-refractivity contribution in [2.24, 2.45) is 11.3 Å². The molecule has 0 atom stereocenters. The second-order valence-electron chi connectivity index (χ2n) is 8.69. The molecule has 0 aromatic heterocycles. The van der Waals surface area contributed by atoms with Gasteiger partial charge >= 0.3 is 7.28 Å². The third-order valence-electron chi connectivity index (χ3n) is 3.07. The Morgan fingerprint density at radius 1 is 1.05 bits per heavy atom. The standard InChI is InChI=1S/C17H34BO3/c1-13(2)12-16(6,7)21-14(19)18-17(8,9)20-11-10-15(3,4)5/h13H,10-12H2,1-9H3. The zero-order valence-electron chi connectivity index (χ0n) is 15.5. The first-order valence-electron chi connectivity index (χ1n) is 7.95. The first-order chi connectivity index (χ1) is 9.22. The number of carbonyl (C=O) groups excluding carboxylic acids is 1. The summed E-state index contributed by atoms with van der Waals surface area (Å²) in [4.78, 5) is 12.1. The van der Waals surface area contributed by atoms with Crippen LogP contribution in [0, 0.1) is 11.3 Å². The van der Waals surface area contributed by atoms with Gasteiger partial charge in [-0.25, -0.2) is 0 Å². The lowest BCUT2D eigenvalue weighted by atomic mass is 9.62. The van der Waals surface area contributed by atoms with Gasteiger partial charge in [-0.3, -0.25) is 4.79 Å². The Morgan fingerprint density at radius 3 is 2.00 bits per heavy atom. The molecule has 0 aliphatic carbocycles. The highest BCUT2D eigenvalue weighted by atomic mass is 16.6. The quantitative estimate of drug-likeness (QED) is 0.601. The Balaban J connectivity index is 4.29. The fraction of sp³-hybridized carbons (Fsp3) is 0.941. The van der Waals surface area contributed by atoms with Crippen LogP contribution in [0.5, 0.6) is 0 Å². The molecule has 0 N–H and O–H groups in total. The van der Waals surface area contributed by atoms with Gasteiger partial charge in [0.25, 0.3) is 0 Å². The van der Waals surface area contributed by atoms with Crippen molar-refractivity contribution in [1.29, 1.82) is 0 Å². The Hall–Kier alpha value is -0.505. The molecular formula is C17H34BO3. The lowest BCUT2D eigenvalue weighted by molar-refractivity contribution is 0.0201. The van der Waals surface area contributed by atoms with Crippen LogP contribution >= 0.6 is 0 Å². The van der Waals surface area contributed by atoms with Gasteiger partial charge in [0.2, 0.25) is 5.87 Å². The molecule has 4 heteroatoms. The van der Waals surface area contributed by atoms with Crippen molar-refractivity contribution >= 4 is 13.1 Å². The molecule has 0 aromatic carbocycles. The molecule has 3 nitrogen and oxygen atoms in total. The largest absolute Gasteiger partial charge is 0.468 e. The zero-order chi connectivity index (χ0) is 16.9. The highest BCUT2D eigenvalue weighted by Gasteiger charge is 2.31. The molecule has 123 valence electrons. The average molecular weight is 297 g/mol. The van der Waals surface area contributed by atoms with E-state index in [0.717, 1.165) is 12.8 Å². The predicted molar refractivity (Wildman–Crippen MR) is 89.9 cm³/mol. The number of hydrogen-bond acceptors (Lipinski definition) is 3. The number of hydrogen-bond donors (Lipinski definition) is 0. The van der Waals surface area contributed by atoms with E-state index in [-0.39, 0.29) is 11.3 Å². The maximum Gasteiger partial charge on any atom is 0.300 e. The van der Waals surface area contributed by atoms with E-state index in [1.807, 2.05) is 27.7 Å². The molecule has 0 amide bonds. The number of ether oxygens (including phenoxy) is 2. The molecule has 21 heavy (non-hydrogen) atoms. The molecule has 0 unspecified atom stereocenters. The Bertz CT molecular complexity index is 327. The van der Waals surface area contributed by atoms with E-state index in [4.69, 9.17) is 9.47 Å². The van der Waals surface area contributed by atoms with Crippen molar-refractivity contribution < 1.29 is 14.3 Å². The molecular weight excluding hydrogens is 263 g/mol. The molecule has 0 saturated carbocycles.